The fourth-order valence-corrected chi connectivity index (χ4v) is 13.5. The van der Waals surface area contributed by atoms with Crippen molar-refractivity contribution in [2.24, 2.45) is 50.3 Å². The van der Waals surface area contributed by atoms with Crippen LogP contribution in [0.4, 0.5) is 4.79 Å². The molecule has 1 aromatic heterocycles. The third kappa shape index (κ3) is 24.7. The number of unbranched alkanes of at least 4 members (excludes halogenated alkanes) is 2. The number of thioether (sulfide) groups is 1. The molecule has 30 nitrogen and oxygen atoms in total. The highest BCUT2D eigenvalue weighted by Gasteiger charge is 2.41. The smallest absolute Gasteiger partial charge is 0.407 e. The summed E-state index contributed by atoms with van der Waals surface area (Å²) < 4.78 is 5.93. The number of nitrogens with zero attached hydrogens (tertiary/aromatic N) is 3. The van der Waals surface area contributed by atoms with Crippen molar-refractivity contribution >= 4 is 93.9 Å². The largest absolute Gasteiger partial charge is 0.480 e. The molecule has 0 bridgehead atoms. The number of carboxylic acids is 1. The number of hydrogen-bond acceptors (Lipinski definition) is 16. The Hall–Kier alpha value is -10.3. The van der Waals surface area contributed by atoms with Gasteiger partial charge in [-0.2, -0.15) is 11.8 Å². The Bertz CT molecular complexity index is 3770. The summed E-state index contributed by atoms with van der Waals surface area (Å²) in [6.07, 6.45) is 4.98. The van der Waals surface area contributed by atoms with Gasteiger partial charge in [-0.15, -0.1) is 0 Å². The summed E-state index contributed by atoms with van der Waals surface area (Å²) in [5, 5.41) is 33.1. The normalized spacial score (nSPS) is 15.4. The number of nitrogens with one attached hydrogen (secondary N) is 9. The fraction of sp³-hybridized carbons (Fsp3) is 0.486. The number of alkyl carbamates (subject to hydrolysis) is 1. The Kier molecular flexibility index (Phi) is 32.7. The topological polar surface area (TPSA) is 496 Å². The Morgan fingerprint density at radius 3 is 1.50 bits per heavy atom. The number of fused-ring (bicyclic) bond motifs is 4. The van der Waals surface area contributed by atoms with Crippen molar-refractivity contribution in [2.45, 2.75) is 170 Å². The third-order valence-electron chi connectivity index (χ3n) is 18.6. The number of likely N-dealkylation sites (tertiary alicyclic amines) is 1. The van der Waals surface area contributed by atoms with Crippen molar-refractivity contribution in [3.8, 4) is 11.1 Å². The molecule has 1 fully saturated rings. The molecule has 1 aliphatic heterocycles. The maximum absolute atomic E-state index is 15.2. The Morgan fingerprint density at radius 2 is 1.00 bits per heavy atom. The Labute approximate surface area is 616 Å². The molecule has 22 N–H and O–H groups in total. The Morgan fingerprint density at radius 1 is 0.552 bits per heavy atom. The van der Waals surface area contributed by atoms with Crippen molar-refractivity contribution in [1.82, 2.24) is 52.4 Å². The average Bonchev–Trinajstić information content (AvgIpc) is 1.62. The lowest BCUT2D eigenvalue weighted by molar-refractivity contribution is -0.150. The molecule has 31 heteroatoms. The first-order valence-electron chi connectivity index (χ1n) is 35.9. The number of guanidine groups is 2. The van der Waals surface area contributed by atoms with Gasteiger partial charge in [0.2, 0.25) is 47.3 Å². The average molecular weight is 1470 g/mol. The van der Waals surface area contributed by atoms with Crippen molar-refractivity contribution in [1.29, 1.82) is 0 Å². The molecule has 1 saturated heterocycles. The van der Waals surface area contributed by atoms with Crippen LogP contribution in [0.2, 0.25) is 0 Å². The van der Waals surface area contributed by atoms with Crippen LogP contribution in [0.3, 0.4) is 0 Å². The van der Waals surface area contributed by atoms with E-state index in [-0.39, 0.29) is 121 Å². The van der Waals surface area contributed by atoms with Crippen LogP contribution < -0.4 is 76.9 Å². The highest BCUT2D eigenvalue weighted by Crippen LogP contribution is 2.44. The molecule has 105 heavy (non-hydrogen) atoms. The standard InChI is InChI=1S/C74H104N18O12S/c1-44(2)62(70(100)92-38-19-32-61(92)71(101)102)91-67(97)57(31-18-37-82-73(79)80)87-64(94)54(28-13-15-34-75)84-65(95)56(30-17-36-81-72(77)78)86-63(93)55(29-14-16-35-76)85-66(96)58(33-39-105-3)88-69(99)60(41-46-42-83-53-27-12-11-22-47(46)53)89-68(98)59(40-45-20-5-4-6-21-45)90-74(103)104-43-52-50-25-9-7-23-48(50)49-24-8-10-26-51(49)52/h4-12,20-27,42,44,52,54-62,83H,13-19,28-41,43,75-76H2,1-3H3,(H,84,95)(H,85,96)(H,86,93)(H,87,94)(H,88,99)(H,89,98)(H,90,103)(H,91,97)(H,101,102)(H4,77,78,81)(H4,79,80,82)/t54-,55-,56-,57-,58-,59-,60-,61-,62-/m0/s1. The molecule has 7 rings (SSSR count). The number of carbonyl (C=O) groups is 10. The molecule has 4 aromatic carbocycles. The van der Waals surface area contributed by atoms with Crippen LogP contribution in [-0.2, 0) is 60.7 Å². The number of ether oxygens (including phenoxy) is 1. The molecule has 0 radical (unpaired) electrons. The number of aliphatic imine (C=N–C) groups is 2. The number of aliphatic carboxylic acids is 1. The lowest BCUT2D eigenvalue weighted by Crippen LogP contribution is -2.61. The number of nitrogens with two attached hydrogens (primary N) is 6. The number of benzene rings is 4. The molecule has 5 aromatic rings. The molecule has 0 unspecified atom stereocenters. The third-order valence-corrected chi connectivity index (χ3v) is 19.2. The molecule has 9 amide bonds. The van der Waals surface area contributed by atoms with Gasteiger partial charge in [0.1, 0.15) is 61.0 Å². The van der Waals surface area contributed by atoms with Gasteiger partial charge in [-0.3, -0.25) is 48.3 Å². The number of rotatable bonds is 43. The monoisotopic (exact) mass is 1470 g/mol. The van der Waals surface area contributed by atoms with Crippen LogP contribution in [0.25, 0.3) is 22.0 Å². The Balaban J connectivity index is 1.12. The van der Waals surface area contributed by atoms with Crippen molar-refractivity contribution < 1.29 is 57.8 Å². The number of amides is 9. The SMILES string of the molecule is CSCC[C@H](NC(=O)[C@H](Cc1c[nH]c2ccccc12)NC(=O)[C@H](Cc1ccccc1)NC(=O)OCC1c2ccccc2-c2ccccc21)C(=O)N[C@@H](CCCCN)C(=O)N[C@@H](CCCN=C(N)N)C(=O)N[C@@H](CCCCN)C(=O)N[C@@H](CCCN=C(N)N)C(=O)N[C@H](C(=O)N1CCC[C@H]1C(=O)O)C(C)C. The first-order chi connectivity index (χ1) is 50.5. The van der Waals surface area contributed by atoms with E-state index < -0.39 is 120 Å². The number of H-pyrrole nitrogens is 1. The van der Waals surface area contributed by atoms with E-state index in [9.17, 15) is 48.3 Å². The number of hydrogen-bond donors (Lipinski definition) is 16. The van der Waals surface area contributed by atoms with E-state index in [0.29, 0.717) is 49.0 Å². The van der Waals surface area contributed by atoms with Crippen LogP contribution in [0.15, 0.2) is 119 Å². The van der Waals surface area contributed by atoms with Gasteiger partial charge in [0.25, 0.3) is 0 Å². The zero-order chi connectivity index (χ0) is 76.0. The highest BCUT2D eigenvalue weighted by molar-refractivity contribution is 7.98. The molecule has 568 valence electrons. The molecule has 0 saturated carbocycles. The lowest BCUT2D eigenvalue weighted by Gasteiger charge is -2.31. The van der Waals surface area contributed by atoms with Crippen LogP contribution in [0.5, 0.6) is 0 Å². The fourth-order valence-electron chi connectivity index (χ4n) is 13.0. The minimum Gasteiger partial charge on any atom is -0.480 e. The number of para-hydroxylation sites is 1. The first-order valence-corrected chi connectivity index (χ1v) is 37.3. The van der Waals surface area contributed by atoms with Crippen LogP contribution >= 0.6 is 11.8 Å². The minimum atomic E-state index is -1.41. The van der Waals surface area contributed by atoms with Crippen LogP contribution in [0, 0.1) is 5.92 Å². The molecular formula is C74H104N18O12S. The summed E-state index contributed by atoms with van der Waals surface area (Å²) in [5.41, 5.74) is 40.5. The van der Waals surface area contributed by atoms with E-state index in [4.69, 9.17) is 39.1 Å². The summed E-state index contributed by atoms with van der Waals surface area (Å²) in [6.45, 7) is 4.05. The molecule has 9 atom stereocenters. The van der Waals surface area contributed by atoms with E-state index in [2.05, 4.69) is 57.5 Å². The van der Waals surface area contributed by atoms with Crippen LogP contribution in [0.1, 0.15) is 125 Å². The van der Waals surface area contributed by atoms with Gasteiger partial charge in [-0.05, 0) is 154 Å². The predicted octanol–water partition coefficient (Wildman–Crippen LogP) is 2.10. The molecule has 2 aliphatic rings. The summed E-state index contributed by atoms with van der Waals surface area (Å²) in [6, 6.07) is 20.6. The molecule has 2 heterocycles. The van der Waals surface area contributed by atoms with Gasteiger partial charge in [0, 0.05) is 55.5 Å². The van der Waals surface area contributed by atoms with Gasteiger partial charge >= 0.3 is 12.1 Å². The van der Waals surface area contributed by atoms with E-state index in [1.54, 1.807) is 44.3 Å². The summed E-state index contributed by atoms with van der Waals surface area (Å²) in [5.74, 6) is -8.15. The number of aromatic nitrogens is 1. The molecule has 1 aliphatic carbocycles. The van der Waals surface area contributed by atoms with Gasteiger partial charge in [0.15, 0.2) is 11.9 Å². The summed E-state index contributed by atoms with van der Waals surface area (Å²) in [4.78, 5) is 156. The van der Waals surface area contributed by atoms with E-state index in [1.165, 1.54) is 16.7 Å². The number of aromatic amines is 1. The van der Waals surface area contributed by atoms with Gasteiger partial charge in [-0.1, -0.05) is 111 Å². The van der Waals surface area contributed by atoms with Crippen molar-refractivity contribution in [3.05, 3.63) is 132 Å². The van der Waals surface area contributed by atoms with Crippen molar-refractivity contribution in [2.75, 3.05) is 51.3 Å². The number of carboxylic acid groups (broad SMARTS) is 1. The van der Waals surface area contributed by atoms with E-state index in [0.717, 1.165) is 33.2 Å². The maximum atomic E-state index is 15.2. The molecule has 0 spiro atoms. The van der Waals surface area contributed by atoms with E-state index in [1.807, 2.05) is 85.1 Å². The highest BCUT2D eigenvalue weighted by atomic mass is 32.2. The maximum Gasteiger partial charge on any atom is 0.407 e. The predicted molar refractivity (Wildman–Crippen MR) is 403 cm³/mol. The quantitative estimate of drug-likeness (QED) is 0.0151. The summed E-state index contributed by atoms with van der Waals surface area (Å²) in [7, 11) is 0. The molecular weight excluding hydrogens is 1360 g/mol. The van der Waals surface area contributed by atoms with Gasteiger partial charge in [0.05, 0.1) is 0 Å². The van der Waals surface area contributed by atoms with E-state index >= 15 is 4.79 Å². The second-order valence-corrected chi connectivity index (χ2v) is 27.6. The van der Waals surface area contributed by atoms with Gasteiger partial charge in [-0.25, -0.2) is 9.59 Å². The second-order valence-electron chi connectivity index (χ2n) is 26.6. The number of carbonyl (C=O) groups excluding carboxylic acids is 9. The lowest BCUT2D eigenvalue weighted by atomic mass is 9.98. The van der Waals surface area contributed by atoms with Gasteiger partial charge < -0.3 is 96.7 Å². The first kappa shape index (κ1) is 82.0. The zero-order valence-electron chi connectivity index (χ0n) is 60.0. The minimum absolute atomic E-state index is 0.00247. The zero-order valence-corrected chi connectivity index (χ0v) is 60.8. The van der Waals surface area contributed by atoms with Crippen LogP contribution in [-0.4, -0.2) is 192 Å². The summed E-state index contributed by atoms with van der Waals surface area (Å²) >= 11 is 1.39. The van der Waals surface area contributed by atoms with Crippen molar-refractivity contribution in [3.63, 3.8) is 0 Å². The second kappa shape index (κ2) is 41.9.